The molecule has 386 valence electrons. The van der Waals surface area contributed by atoms with E-state index in [2.05, 4.69) is 35.8 Å². The summed E-state index contributed by atoms with van der Waals surface area (Å²) in [6.07, 6.45) is 8.57. The molecule has 1 aromatic carbocycles. The number of β-amino-alcohol motifs (C(OH)–C–C–N with tert-alkyl or cyclic N) is 1. The van der Waals surface area contributed by atoms with Crippen molar-refractivity contribution in [2.45, 2.75) is 130 Å². The van der Waals surface area contributed by atoms with Crippen molar-refractivity contribution in [1.29, 1.82) is 0 Å². The van der Waals surface area contributed by atoms with Crippen LogP contribution in [-0.4, -0.2) is 120 Å². The van der Waals surface area contributed by atoms with Gasteiger partial charge < -0.3 is 35.8 Å². The number of nitrogens with zero attached hydrogens (tertiary/aromatic N) is 8. The van der Waals surface area contributed by atoms with Gasteiger partial charge in [0.2, 0.25) is 29.6 Å². The lowest BCUT2D eigenvalue weighted by molar-refractivity contribution is -0.145. The van der Waals surface area contributed by atoms with E-state index >= 15 is 0 Å². The molecule has 4 aliphatic rings. The number of pyridine rings is 2. The van der Waals surface area contributed by atoms with Gasteiger partial charge >= 0.3 is 0 Å². The van der Waals surface area contributed by atoms with Crippen LogP contribution in [-0.2, 0) is 25.7 Å². The summed E-state index contributed by atoms with van der Waals surface area (Å²) in [6, 6.07) is 9.87. The maximum absolute atomic E-state index is 14.3. The summed E-state index contributed by atoms with van der Waals surface area (Å²) in [4.78, 5) is 107. The third kappa shape index (κ3) is 11.0. The molecule has 2 saturated carbocycles. The lowest BCUT2D eigenvalue weighted by Crippen LogP contribution is -2.58. The normalized spacial score (nSPS) is 21.1. The van der Waals surface area contributed by atoms with Crippen LogP contribution in [0.2, 0.25) is 0 Å². The van der Waals surface area contributed by atoms with E-state index in [0.717, 1.165) is 53.1 Å². The number of likely N-dealkylation sites (tertiary alicyclic amines) is 1. The van der Waals surface area contributed by atoms with Gasteiger partial charge in [-0.2, -0.15) is 4.98 Å². The van der Waals surface area contributed by atoms with Crippen LogP contribution in [0.25, 0.3) is 21.5 Å². The van der Waals surface area contributed by atoms with E-state index in [0.29, 0.717) is 80.2 Å². The van der Waals surface area contributed by atoms with Gasteiger partial charge in [0.15, 0.2) is 5.78 Å². The summed E-state index contributed by atoms with van der Waals surface area (Å²) < 4.78 is 1.69. The number of aliphatic hydroxyl groups is 1. The minimum absolute atomic E-state index is 0.00801. The monoisotopic (exact) mass is 1010 g/mol. The van der Waals surface area contributed by atoms with E-state index < -0.39 is 29.5 Å². The minimum atomic E-state index is -0.934. The lowest BCUT2D eigenvalue weighted by Gasteiger charge is -2.39. The number of thiazole rings is 1. The second-order valence-corrected chi connectivity index (χ2v) is 22.2. The van der Waals surface area contributed by atoms with Gasteiger partial charge in [0.05, 0.1) is 39.6 Å². The Hall–Kier alpha value is -6.60. The summed E-state index contributed by atoms with van der Waals surface area (Å²) in [5, 5.41) is 20.6. The van der Waals surface area contributed by atoms with E-state index in [1.807, 2.05) is 74.5 Å². The standard InChI is InChI=1S/C54H67N11O7S/c1-31-41-28-57-53(61-47(41)65(38-9-7-8-10-38)51(71)44(31)33(3)66)59-43-20-19-39(27-55-43)62-21-23-63(24-22-62)50(70)37-17-15-36(16-18-37)48(68)60-46(54(4,5)6)52(72)64-29-40(67)25-42(64)49(69)56-26-34-11-13-35(14-12-34)45-32(2)58-30-73-45/h11-14,19-20,27-28,30,36-38,40,42,46,67H,7-10,15-18,21-26,29H2,1-6H3,(H,56,69)(H,60,68)(H,55,57,59,61)/t36?,37?,40-,42?,46-/m1/s1. The van der Waals surface area contributed by atoms with Crippen LogP contribution in [0, 0.1) is 31.1 Å². The van der Waals surface area contributed by atoms with Crippen molar-refractivity contribution < 1.29 is 29.1 Å². The molecule has 0 radical (unpaired) electrons. The van der Waals surface area contributed by atoms with Crippen molar-refractivity contribution in [3.8, 4) is 10.4 Å². The Kier molecular flexibility index (Phi) is 15.1. The fourth-order valence-corrected chi connectivity index (χ4v) is 12.0. The number of fused-ring (bicyclic) bond motifs is 1. The summed E-state index contributed by atoms with van der Waals surface area (Å²) in [5.41, 5.74) is 5.93. The Morgan fingerprint density at radius 2 is 1.55 bits per heavy atom. The van der Waals surface area contributed by atoms with Crippen LogP contribution in [0.1, 0.15) is 119 Å². The van der Waals surface area contributed by atoms with Gasteiger partial charge in [0.25, 0.3) is 5.56 Å². The van der Waals surface area contributed by atoms with E-state index in [-0.39, 0.29) is 72.0 Å². The molecule has 3 atom stereocenters. The first-order chi connectivity index (χ1) is 34.9. The minimum Gasteiger partial charge on any atom is -0.391 e. The molecule has 19 heteroatoms. The predicted molar refractivity (Wildman–Crippen MR) is 279 cm³/mol. The highest BCUT2D eigenvalue weighted by molar-refractivity contribution is 7.13. The molecule has 4 fully saturated rings. The Morgan fingerprint density at radius 3 is 2.18 bits per heavy atom. The van der Waals surface area contributed by atoms with Crippen molar-refractivity contribution in [2.75, 3.05) is 42.9 Å². The maximum Gasteiger partial charge on any atom is 0.263 e. The summed E-state index contributed by atoms with van der Waals surface area (Å²) in [7, 11) is 0. The van der Waals surface area contributed by atoms with Crippen LogP contribution in [0.15, 0.2) is 59.1 Å². The van der Waals surface area contributed by atoms with Gasteiger partial charge in [0.1, 0.15) is 23.5 Å². The molecule has 18 nitrogen and oxygen atoms in total. The van der Waals surface area contributed by atoms with Gasteiger partial charge in [-0.3, -0.25) is 33.3 Å². The summed E-state index contributed by atoms with van der Waals surface area (Å²) >= 11 is 1.57. The average molecular weight is 1010 g/mol. The predicted octanol–water partition coefficient (Wildman–Crippen LogP) is 6.25. The Morgan fingerprint density at radius 1 is 0.849 bits per heavy atom. The van der Waals surface area contributed by atoms with E-state index in [9.17, 15) is 33.9 Å². The molecule has 1 unspecified atom stereocenters. The molecule has 0 spiro atoms. The number of carbonyl (C=O) groups is 5. The molecule has 9 rings (SSSR count). The van der Waals surface area contributed by atoms with E-state index in [4.69, 9.17) is 4.98 Å². The van der Waals surface area contributed by atoms with Crippen molar-refractivity contribution in [3.05, 3.63) is 87.0 Å². The van der Waals surface area contributed by atoms with Crippen LogP contribution >= 0.6 is 11.3 Å². The van der Waals surface area contributed by atoms with Crippen molar-refractivity contribution in [3.63, 3.8) is 0 Å². The first-order valence-corrected chi connectivity index (χ1v) is 26.6. The molecule has 6 heterocycles. The number of nitrogens with one attached hydrogen (secondary N) is 3. The van der Waals surface area contributed by atoms with Crippen molar-refractivity contribution in [1.82, 2.24) is 44.9 Å². The van der Waals surface area contributed by atoms with Crippen LogP contribution < -0.4 is 26.4 Å². The largest absolute Gasteiger partial charge is 0.391 e. The molecule has 4 amide bonds. The molecule has 73 heavy (non-hydrogen) atoms. The van der Waals surface area contributed by atoms with Crippen LogP contribution in [0.5, 0.6) is 0 Å². The molecule has 4 N–H and O–H groups in total. The van der Waals surface area contributed by atoms with Gasteiger partial charge in [-0.15, -0.1) is 11.3 Å². The zero-order chi connectivity index (χ0) is 51.7. The fourth-order valence-electron chi connectivity index (χ4n) is 11.2. The van der Waals surface area contributed by atoms with E-state index in [1.54, 1.807) is 35.2 Å². The number of amides is 4. The number of piperazine rings is 1. The molecule has 4 aromatic heterocycles. The highest BCUT2D eigenvalue weighted by atomic mass is 32.1. The zero-order valence-electron chi connectivity index (χ0n) is 42.6. The van der Waals surface area contributed by atoms with E-state index in [1.165, 1.54) is 11.8 Å². The quantitative estimate of drug-likeness (QED) is 0.0959. The molecular weight excluding hydrogens is 947 g/mol. The first kappa shape index (κ1) is 51.3. The van der Waals surface area contributed by atoms with Crippen molar-refractivity contribution in [2.24, 2.45) is 17.3 Å². The van der Waals surface area contributed by atoms with Gasteiger partial charge in [0, 0.05) is 75.2 Å². The maximum atomic E-state index is 14.3. The topological polar surface area (TPSA) is 225 Å². The van der Waals surface area contributed by atoms with Crippen molar-refractivity contribution >= 4 is 69.2 Å². The Labute approximate surface area is 429 Å². The molecule has 2 aliphatic heterocycles. The number of aliphatic hydroxyl groups excluding tert-OH is 1. The van der Waals surface area contributed by atoms with Gasteiger partial charge in [-0.1, -0.05) is 57.9 Å². The molecular formula is C54H67N11O7S. The number of rotatable bonds is 13. The molecule has 2 aliphatic carbocycles. The number of aromatic nitrogens is 5. The molecule has 2 saturated heterocycles. The number of ketones is 1. The smallest absolute Gasteiger partial charge is 0.263 e. The number of hydrogen-bond acceptors (Lipinski definition) is 14. The first-order valence-electron chi connectivity index (χ1n) is 25.7. The second-order valence-electron chi connectivity index (χ2n) is 21.4. The number of aryl methyl sites for hydroxylation is 2. The number of anilines is 3. The number of hydrogen-bond donors (Lipinski definition) is 4. The number of carbonyl (C=O) groups excluding carboxylic acids is 5. The number of Topliss-reactive ketones (excluding diaryl/α,β-unsaturated/α-hetero) is 1. The zero-order valence-corrected chi connectivity index (χ0v) is 43.5. The van der Waals surface area contributed by atoms with Crippen LogP contribution in [0.4, 0.5) is 17.5 Å². The van der Waals surface area contributed by atoms with Gasteiger partial charge in [-0.25, -0.2) is 15.0 Å². The third-order valence-corrected chi connectivity index (χ3v) is 16.3. The van der Waals surface area contributed by atoms with Gasteiger partial charge in [-0.05, 0) is 93.5 Å². The number of benzene rings is 1. The highest BCUT2D eigenvalue weighted by Crippen LogP contribution is 2.35. The third-order valence-electron chi connectivity index (χ3n) is 15.3. The lowest BCUT2D eigenvalue weighted by atomic mass is 9.80. The Balaban J connectivity index is 0.748. The molecule has 5 aromatic rings. The Bertz CT molecular complexity index is 2930. The SMILES string of the molecule is CC(=O)c1c(C)c2cnc(Nc3ccc(N4CCN(C(=O)C5CCC(C(=O)N[C@H](C(=O)N6C[C@H](O)CC6C(=O)NCc6ccc(-c7scnc7C)cc6)C(C)(C)C)CC5)CC4)cn3)nc2n(C2CCCC2)c1=O. The average Bonchev–Trinajstić information content (AvgIpc) is 4.17. The van der Waals surface area contributed by atoms with Crippen LogP contribution in [0.3, 0.4) is 0 Å². The fraction of sp³-hybridized carbons (Fsp3) is 0.519. The molecule has 0 bridgehead atoms. The summed E-state index contributed by atoms with van der Waals surface area (Å²) in [5.74, 6) is -0.903. The highest BCUT2D eigenvalue weighted by Gasteiger charge is 2.45. The second kappa shape index (κ2) is 21.5. The summed E-state index contributed by atoms with van der Waals surface area (Å²) in [6.45, 7) is 13.4.